The van der Waals surface area contributed by atoms with Gasteiger partial charge in [0, 0.05) is 17.3 Å². The Morgan fingerprint density at radius 2 is 2.04 bits per heavy atom. The van der Waals surface area contributed by atoms with Crippen LogP contribution in [0.5, 0.6) is 0 Å². The summed E-state index contributed by atoms with van der Waals surface area (Å²) in [6.45, 7) is 1.96. The number of hydrogen-bond donors (Lipinski definition) is 1. The highest BCUT2D eigenvalue weighted by atomic mass is 35.5. The van der Waals surface area contributed by atoms with Gasteiger partial charge in [-0.1, -0.05) is 35.1 Å². The number of carbonyl (C=O) groups is 1. The van der Waals surface area contributed by atoms with Gasteiger partial charge in [-0.2, -0.15) is 5.10 Å². The Hall–Kier alpha value is -3.03. The van der Waals surface area contributed by atoms with Crippen LogP contribution >= 0.6 is 22.9 Å². The molecule has 0 bridgehead atoms. The Kier molecular flexibility index (Phi) is 4.47. The first kappa shape index (κ1) is 17.4. The van der Waals surface area contributed by atoms with Gasteiger partial charge in [0.25, 0.3) is 5.91 Å². The summed E-state index contributed by atoms with van der Waals surface area (Å²) in [6.07, 6.45) is 1.54. The van der Waals surface area contributed by atoms with Crippen LogP contribution < -0.4 is 10.7 Å². The second-order valence-electron chi connectivity index (χ2n) is 5.90. The normalized spacial score (nSPS) is 10.9. The monoisotopic (exact) mass is 396 g/mol. The fourth-order valence-corrected chi connectivity index (χ4v) is 3.72. The lowest BCUT2D eigenvalue weighted by Crippen LogP contribution is -2.25. The van der Waals surface area contributed by atoms with Gasteiger partial charge in [0.05, 0.1) is 15.9 Å². The van der Waals surface area contributed by atoms with Crippen LogP contribution in [0.15, 0.2) is 59.5 Å². The molecule has 0 aliphatic heterocycles. The van der Waals surface area contributed by atoms with Crippen LogP contribution in [-0.2, 0) is 0 Å². The number of carbonyl (C=O) groups excluding carboxylic acids is 1. The minimum Gasteiger partial charge on any atom is -0.296 e. The molecule has 0 saturated carbocycles. The molecule has 4 rings (SSSR count). The van der Waals surface area contributed by atoms with Gasteiger partial charge in [-0.15, -0.1) is 0 Å². The van der Waals surface area contributed by atoms with E-state index in [0.29, 0.717) is 10.2 Å². The number of thiazole rings is 1. The Morgan fingerprint density at radius 1 is 1.19 bits per heavy atom. The topological polar surface area (TPSA) is 76.9 Å². The highest BCUT2D eigenvalue weighted by Gasteiger charge is 2.16. The quantitative estimate of drug-likeness (QED) is 0.566. The van der Waals surface area contributed by atoms with Gasteiger partial charge in [0.2, 0.25) is 5.43 Å². The van der Waals surface area contributed by atoms with E-state index in [4.69, 9.17) is 11.6 Å². The van der Waals surface area contributed by atoms with Crippen molar-refractivity contribution in [2.45, 2.75) is 6.92 Å². The van der Waals surface area contributed by atoms with Crippen molar-refractivity contribution in [1.82, 2.24) is 14.8 Å². The van der Waals surface area contributed by atoms with E-state index in [0.717, 1.165) is 21.5 Å². The zero-order chi connectivity index (χ0) is 19.0. The fraction of sp³-hybridized carbons (Fsp3) is 0.0526. The van der Waals surface area contributed by atoms with E-state index in [1.54, 1.807) is 18.2 Å². The molecule has 2 heterocycles. The molecule has 134 valence electrons. The van der Waals surface area contributed by atoms with Crippen LogP contribution in [0.3, 0.4) is 0 Å². The fourth-order valence-electron chi connectivity index (χ4n) is 2.59. The Bertz CT molecular complexity index is 1230. The van der Waals surface area contributed by atoms with Crippen molar-refractivity contribution in [2.75, 3.05) is 5.32 Å². The summed E-state index contributed by atoms with van der Waals surface area (Å²) < 4.78 is 2.34. The molecule has 1 amide bonds. The molecule has 0 radical (unpaired) electrons. The van der Waals surface area contributed by atoms with Crippen molar-refractivity contribution in [3.05, 3.63) is 81.2 Å². The molecule has 2 aromatic heterocycles. The van der Waals surface area contributed by atoms with Crippen LogP contribution in [0.25, 0.3) is 15.9 Å². The zero-order valence-corrected chi connectivity index (χ0v) is 15.7. The Labute approximate surface area is 163 Å². The first-order valence-corrected chi connectivity index (χ1v) is 9.23. The van der Waals surface area contributed by atoms with E-state index < -0.39 is 11.3 Å². The summed E-state index contributed by atoms with van der Waals surface area (Å²) in [5.41, 5.74) is 1.88. The lowest BCUT2D eigenvalue weighted by atomic mass is 10.2. The van der Waals surface area contributed by atoms with Gasteiger partial charge >= 0.3 is 0 Å². The number of amides is 1. The van der Waals surface area contributed by atoms with E-state index in [2.05, 4.69) is 15.4 Å². The largest absolute Gasteiger partial charge is 0.296 e. The maximum absolute atomic E-state index is 12.6. The standard InChI is InChI=1S/C19H13ClN4O2S/c1-11-3-2-4-13(9-11)24-8-7-15(25)17(23-24)18(26)22-19-21-14-6-5-12(20)10-16(14)27-19/h2-10H,1H3,(H,21,22,26). The second-order valence-corrected chi connectivity index (χ2v) is 7.36. The molecule has 4 aromatic rings. The predicted octanol–water partition coefficient (Wildman–Crippen LogP) is 4.06. The van der Waals surface area contributed by atoms with E-state index in [-0.39, 0.29) is 5.69 Å². The van der Waals surface area contributed by atoms with Crippen LogP contribution in [0.1, 0.15) is 16.1 Å². The van der Waals surface area contributed by atoms with Crippen molar-refractivity contribution >= 4 is 44.2 Å². The first-order valence-electron chi connectivity index (χ1n) is 8.04. The number of halogens is 1. The van der Waals surface area contributed by atoms with Crippen molar-refractivity contribution in [1.29, 1.82) is 0 Å². The molecule has 0 fully saturated rings. The Morgan fingerprint density at radius 3 is 2.85 bits per heavy atom. The third kappa shape index (κ3) is 3.60. The summed E-state index contributed by atoms with van der Waals surface area (Å²) in [7, 11) is 0. The maximum Gasteiger partial charge on any atom is 0.281 e. The van der Waals surface area contributed by atoms with E-state index in [9.17, 15) is 9.59 Å². The van der Waals surface area contributed by atoms with Crippen LogP contribution in [0.2, 0.25) is 5.02 Å². The minimum atomic E-state index is -0.604. The summed E-state index contributed by atoms with van der Waals surface area (Å²) in [6, 6.07) is 14.2. The molecule has 6 nitrogen and oxygen atoms in total. The van der Waals surface area contributed by atoms with Crippen LogP contribution in [0, 0.1) is 6.92 Å². The van der Waals surface area contributed by atoms with E-state index in [1.165, 1.54) is 28.3 Å². The number of fused-ring (bicyclic) bond motifs is 1. The molecule has 8 heteroatoms. The molecule has 27 heavy (non-hydrogen) atoms. The van der Waals surface area contributed by atoms with Crippen molar-refractivity contribution in [3.8, 4) is 5.69 Å². The third-order valence-electron chi connectivity index (χ3n) is 3.86. The maximum atomic E-state index is 12.6. The van der Waals surface area contributed by atoms with E-state index in [1.807, 2.05) is 31.2 Å². The molecule has 0 aliphatic carbocycles. The minimum absolute atomic E-state index is 0.198. The number of rotatable bonds is 3. The number of nitrogens with zero attached hydrogens (tertiary/aromatic N) is 3. The van der Waals surface area contributed by atoms with Crippen LogP contribution in [-0.4, -0.2) is 20.7 Å². The van der Waals surface area contributed by atoms with Crippen LogP contribution in [0.4, 0.5) is 5.13 Å². The lowest BCUT2D eigenvalue weighted by molar-refractivity contribution is 0.101. The molecule has 0 saturated heterocycles. The number of nitrogens with one attached hydrogen (secondary N) is 1. The summed E-state index contributed by atoms with van der Waals surface area (Å²) in [5, 5.41) is 7.81. The zero-order valence-electron chi connectivity index (χ0n) is 14.1. The number of aryl methyl sites for hydroxylation is 1. The molecule has 1 N–H and O–H groups in total. The van der Waals surface area contributed by atoms with Crippen molar-refractivity contribution < 1.29 is 4.79 Å². The second kappa shape index (κ2) is 6.94. The third-order valence-corrected chi connectivity index (χ3v) is 5.03. The average Bonchev–Trinajstić information content (AvgIpc) is 3.03. The van der Waals surface area contributed by atoms with Crippen molar-refractivity contribution in [2.24, 2.45) is 0 Å². The number of hydrogen-bond acceptors (Lipinski definition) is 5. The number of benzene rings is 2. The smallest absolute Gasteiger partial charge is 0.281 e. The molecule has 0 spiro atoms. The van der Waals surface area contributed by atoms with Crippen molar-refractivity contribution in [3.63, 3.8) is 0 Å². The lowest BCUT2D eigenvalue weighted by Gasteiger charge is -2.07. The summed E-state index contributed by atoms with van der Waals surface area (Å²) >= 11 is 7.25. The number of anilines is 1. The van der Waals surface area contributed by atoms with E-state index >= 15 is 0 Å². The Balaban J connectivity index is 1.66. The SMILES string of the molecule is Cc1cccc(-n2ccc(=O)c(C(=O)Nc3nc4ccc(Cl)cc4s3)n2)c1. The van der Waals surface area contributed by atoms with Gasteiger partial charge < -0.3 is 0 Å². The summed E-state index contributed by atoms with van der Waals surface area (Å²) in [5.74, 6) is -0.604. The van der Waals surface area contributed by atoms with Gasteiger partial charge in [-0.25, -0.2) is 9.67 Å². The molecule has 0 unspecified atom stereocenters. The summed E-state index contributed by atoms with van der Waals surface area (Å²) in [4.78, 5) is 29.1. The first-order chi connectivity index (χ1) is 13.0. The van der Waals surface area contributed by atoms with Gasteiger partial charge in [-0.05, 0) is 42.8 Å². The van der Waals surface area contributed by atoms with Gasteiger partial charge in [-0.3, -0.25) is 14.9 Å². The predicted molar refractivity (Wildman–Crippen MR) is 107 cm³/mol. The van der Waals surface area contributed by atoms with Gasteiger partial charge in [0.15, 0.2) is 10.8 Å². The highest BCUT2D eigenvalue weighted by molar-refractivity contribution is 7.22. The van der Waals surface area contributed by atoms with Gasteiger partial charge in [0.1, 0.15) is 0 Å². The molecule has 2 aromatic carbocycles. The molecular formula is C19H13ClN4O2S. The number of aromatic nitrogens is 3. The molecular weight excluding hydrogens is 384 g/mol. The average molecular weight is 397 g/mol. The molecule has 0 aliphatic rings. The molecule has 0 atom stereocenters. The highest BCUT2D eigenvalue weighted by Crippen LogP contribution is 2.28.